The Balaban J connectivity index is 1.66. The minimum Gasteiger partial charge on any atom is -0.373 e. The third-order valence-electron chi connectivity index (χ3n) is 4.09. The van der Waals surface area contributed by atoms with Gasteiger partial charge in [0.1, 0.15) is 0 Å². The SMILES string of the molecule is CCn1nc(C)c(Cl)c1CNC1CC2CCC1O2. The first-order valence-corrected chi connectivity index (χ1v) is 7.17. The van der Waals surface area contributed by atoms with Crippen molar-refractivity contribution in [3.63, 3.8) is 0 Å². The first-order valence-electron chi connectivity index (χ1n) is 6.79. The Morgan fingerprint density at radius 2 is 2.33 bits per heavy atom. The van der Waals surface area contributed by atoms with E-state index in [0.29, 0.717) is 18.2 Å². The Hall–Kier alpha value is -0.580. The van der Waals surface area contributed by atoms with Crippen LogP contribution in [-0.2, 0) is 17.8 Å². The Morgan fingerprint density at radius 1 is 1.50 bits per heavy atom. The van der Waals surface area contributed by atoms with Crippen molar-refractivity contribution in [2.24, 2.45) is 0 Å². The van der Waals surface area contributed by atoms with E-state index in [1.165, 1.54) is 12.8 Å². The van der Waals surface area contributed by atoms with E-state index in [4.69, 9.17) is 16.3 Å². The third kappa shape index (κ3) is 2.06. The Kier molecular flexibility index (Phi) is 3.34. The lowest BCUT2D eigenvalue weighted by atomic mass is 9.95. The summed E-state index contributed by atoms with van der Waals surface area (Å²) in [6.45, 7) is 5.69. The van der Waals surface area contributed by atoms with Gasteiger partial charge in [0.2, 0.25) is 0 Å². The van der Waals surface area contributed by atoms with Crippen molar-refractivity contribution < 1.29 is 4.74 Å². The van der Waals surface area contributed by atoms with E-state index in [-0.39, 0.29) is 0 Å². The number of nitrogens with zero attached hydrogens (tertiary/aromatic N) is 2. The van der Waals surface area contributed by atoms with Crippen LogP contribution in [0.4, 0.5) is 0 Å². The quantitative estimate of drug-likeness (QED) is 0.911. The van der Waals surface area contributed by atoms with E-state index in [1.807, 2.05) is 11.6 Å². The molecule has 0 radical (unpaired) electrons. The predicted molar refractivity (Wildman–Crippen MR) is 70.8 cm³/mol. The molecule has 3 atom stereocenters. The Bertz CT molecular complexity index is 446. The number of halogens is 1. The molecule has 0 saturated carbocycles. The minimum atomic E-state index is 0.410. The molecule has 2 aliphatic heterocycles. The molecule has 0 spiro atoms. The van der Waals surface area contributed by atoms with E-state index in [9.17, 15) is 0 Å². The molecule has 3 heterocycles. The summed E-state index contributed by atoms with van der Waals surface area (Å²) in [6, 6.07) is 0.486. The summed E-state index contributed by atoms with van der Waals surface area (Å²) in [6.07, 6.45) is 4.47. The zero-order valence-electron chi connectivity index (χ0n) is 10.9. The second kappa shape index (κ2) is 4.83. The first kappa shape index (κ1) is 12.5. The van der Waals surface area contributed by atoms with Gasteiger partial charge in [0.05, 0.1) is 28.6 Å². The van der Waals surface area contributed by atoms with Gasteiger partial charge in [0.25, 0.3) is 0 Å². The summed E-state index contributed by atoms with van der Waals surface area (Å²) in [4.78, 5) is 0. The summed E-state index contributed by atoms with van der Waals surface area (Å²) in [5.41, 5.74) is 2.01. The van der Waals surface area contributed by atoms with Gasteiger partial charge in [-0.05, 0) is 33.1 Å². The normalized spacial score (nSPS) is 30.3. The molecule has 1 N–H and O–H groups in total. The number of aryl methyl sites for hydroxylation is 2. The second-order valence-electron chi connectivity index (χ2n) is 5.26. The lowest BCUT2D eigenvalue weighted by Gasteiger charge is -2.20. The number of hydrogen-bond donors (Lipinski definition) is 1. The predicted octanol–water partition coefficient (Wildman–Crippen LogP) is 2.27. The summed E-state index contributed by atoms with van der Waals surface area (Å²) in [5, 5.41) is 8.82. The molecule has 0 aromatic carbocycles. The second-order valence-corrected chi connectivity index (χ2v) is 5.64. The summed E-state index contributed by atoms with van der Waals surface area (Å²) in [7, 11) is 0. The van der Waals surface area contributed by atoms with Gasteiger partial charge in [-0.2, -0.15) is 5.10 Å². The fourth-order valence-corrected chi connectivity index (χ4v) is 3.32. The molecule has 100 valence electrons. The molecule has 2 fully saturated rings. The maximum Gasteiger partial charge on any atom is 0.0860 e. The number of aromatic nitrogens is 2. The molecule has 18 heavy (non-hydrogen) atoms. The van der Waals surface area contributed by atoms with E-state index >= 15 is 0 Å². The molecular weight excluding hydrogens is 250 g/mol. The largest absolute Gasteiger partial charge is 0.373 e. The summed E-state index contributed by atoms with van der Waals surface area (Å²) in [5.74, 6) is 0. The maximum atomic E-state index is 6.30. The molecule has 3 unspecified atom stereocenters. The van der Waals surface area contributed by atoms with Crippen molar-refractivity contribution in [1.29, 1.82) is 0 Å². The van der Waals surface area contributed by atoms with E-state index in [2.05, 4.69) is 17.3 Å². The molecule has 4 nitrogen and oxygen atoms in total. The Morgan fingerprint density at radius 3 is 2.94 bits per heavy atom. The number of nitrogens with one attached hydrogen (secondary N) is 1. The lowest BCUT2D eigenvalue weighted by molar-refractivity contribution is 0.0972. The first-order chi connectivity index (χ1) is 8.69. The number of fused-ring (bicyclic) bond motifs is 2. The standard InChI is InChI=1S/C13H20ClN3O/c1-3-17-11(13(14)8(2)16-17)7-15-10-6-9-4-5-12(10)18-9/h9-10,12,15H,3-7H2,1-2H3. The highest BCUT2D eigenvalue weighted by Gasteiger charge is 2.40. The maximum absolute atomic E-state index is 6.30. The molecule has 2 aliphatic rings. The van der Waals surface area contributed by atoms with Crippen LogP contribution in [0.3, 0.4) is 0 Å². The van der Waals surface area contributed by atoms with Crippen molar-refractivity contribution in [3.8, 4) is 0 Å². The highest BCUT2D eigenvalue weighted by atomic mass is 35.5. The van der Waals surface area contributed by atoms with Crippen molar-refractivity contribution in [2.75, 3.05) is 0 Å². The van der Waals surface area contributed by atoms with Crippen LogP contribution >= 0.6 is 11.6 Å². The smallest absolute Gasteiger partial charge is 0.0860 e. The van der Waals surface area contributed by atoms with Gasteiger partial charge in [0, 0.05) is 19.1 Å². The average Bonchev–Trinajstić information content (AvgIpc) is 3.04. The molecule has 1 aromatic rings. The highest BCUT2D eigenvalue weighted by molar-refractivity contribution is 6.31. The van der Waals surface area contributed by atoms with Crippen molar-refractivity contribution in [1.82, 2.24) is 15.1 Å². The fraction of sp³-hybridized carbons (Fsp3) is 0.769. The van der Waals surface area contributed by atoms with Crippen molar-refractivity contribution in [2.45, 2.75) is 64.4 Å². The topological polar surface area (TPSA) is 39.1 Å². The zero-order chi connectivity index (χ0) is 12.7. The van der Waals surface area contributed by atoms with Crippen LogP contribution < -0.4 is 5.32 Å². The molecule has 5 heteroatoms. The van der Waals surface area contributed by atoms with Gasteiger partial charge < -0.3 is 10.1 Å². The van der Waals surface area contributed by atoms with Crippen LogP contribution in [0.25, 0.3) is 0 Å². The molecule has 1 aromatic heterocycles. The summed E-state index contributed by atoms with van der Waals surface area (Å²) < 4.78 is 7.83. The molecule has 2 bridgehead atoms. The van der Waals surface area contributed by atoms with Crippen LogP contribution in [0.5, 0.6) is 0 Å². The van der Waals surface area contributed by atoms with E-state index in [0.717, 1.165) is 35.9 Å². The van der Waals surface area contributed by atoms with Gasteiger partial charge in [-0.25, -0.2) is 0 Å². The molecule has 0 amide bonds. The summed E-state index contributed by atoms with van der Waals surface area (Å²) >= 11 is 6.30. The minimum absolute atomic E-state index is 0.410. The lowest BCUT2D eigenvalue weighted by Crippen LogP contribution is -2.37. The molecular formula is C13H20ClN3O. The number of rotatable bonds is 4. The number of hydrogen-bond acceptors (Lipinski definition) is 3. The fourth-order valence-electron chi connectivity index (χ4n) is 3.12. The van der Waals surface area contributed by atoms with Crippen molar-refractivity contribution >= 4 is 11.6 Å². The zero-order valence-corrected chi connectivity index (χ0v) is 11.7. The van der Waals surface area contributed by atoms with E-state index < -0.39 is 0 Å². The highest BCUT2D eigenvalue weighted by Crippen LogP contribution is 2.34. The van der Waals surface area contributed by atoms with Crippen molar-refractivity contribution in [3.05, 3.63) is 16.4 Å². The number of ether oxygens (including phenoxy) is 1. The van der Waals surface area contributed by atoms with Gasteiger partial charge in [0.15, 0.2) is 0 Å². The average molecular weight is 270 g/mol. The molecule has 2 saturated heterocycles. The van der Waals surface area contributed by atoms with Gasteiger partial charge >= 0.3 is 0 Å². The molecule has 0 aliphatic carbocycles. The monoisotopic (exact) mass is 269 g/mol. The molecule has 3 rings (SSSR count). The Labute approximate surface area is 113 Å². The van der Waals surface area contributed by atoms with Crippen LogP contribution in [-0.4, -0.2) is 28.0 Å². The van der Waals surface area contributed by atoms with Gasteiger partial charge in [-0.3, -0.25) is 4.68 Å². The van der Waals surface area contributed by atoms with Crippen LogP contribution in [0.15, 0.2) is 0 Å². The van der Waals surface area contributed by atoms with Crippen LogP contribution in [0.1, 0.15) is 37.6 Å². The van der Waals surface area contributed by atoms with Crippen LogP contribution in [0, 0.1) is 6.92 Å². The van der Waals surface area contributed by atoms with Gasteiger partial charge in [-0.15, -0.1) is 0 Å². The van der Waals surface area contributed by atoms with Crippen LogP contribution in [0.2, 0.25) is 5.02 Å². The van der Waals surface area contributed by atoms with E-state index in [1.54, 1.807) is 0 Å². The third-order valence-corrected chi connectivity index (χ3v) is 4.58. The van der Waals surface area contributed by atoms with Gasteiger partial charge in [-0.1, -0.05) is 11.6 Å².